The summed E-state index contributed by atoms with van der Waals surface area (Å²) >= 11 is 0. The fourth-order valence-corrected chi connectivity index (χ4v) is 3.95. The van der Waals surface area contributed by atoms with Crippen molar-refractivity contribution in [2.45, 2.75) is 53.2 Å². The lowest BCUT2D eigenvalue weighted by molar-refractivity contribution is -0.124. The van der Waals surface area contributed by atoms with Crippen LogP contribution in [-0.4, -0.2) is 52.9 Å². The average molecular weight is 412 g/mol. The fraction of sp³-hybridized carbons (Fsp3) is 0.522. The molecule has 30 heavy (non-hydrogen) atoms. The lowest BCUT2D eigenvalue weighted by Crippen LogP contribution is -2.53. The van der Waals surface area contributed by atoms with Crippen LogP contribution in [0.3, 0.4) is 0 Å². The van der Waals surface area contributed by atoms with E-state index in [0.29, 0.717) is 12.2 Å². The number of likely N-dealkylation sites (N-methyl/N-ethyl adjacent to an activating group) is 1. The van der Waals surface area contributed by atoms with Crippen molar-refractivity contribution in [3.8, 4) is 11.4 Å². The minimum absolute atomic E-state index is 0.211. The molecule has 0 saturated carbocycles. The molecule has 1 aromatic carbocycles. The van der Waals surface area contributed by atoms with Gasteiger partial charge in [-0.2, -0.15) is 0 Å². The Kier molecular flexibility index (Phi) is 6.31. The normalized spacial score (nSPS) is 15.8. The number of aromatic nitrogens is 2. The van der Waals surface area contributed by atoms with Crippen LogP contribution >= 0.6 is 0 Å². The molecular formula is C23H33N5O2. The van der Waals surface area contributed by atoms with E-state index in [1.165, 1.54) is 0 Å². The van der Waals surface area contributed by atoms with Crippen LogP contribution in [0.2, 0.25) is 0 Å². The van der Waals surface area contributed by atoms with Gasteiger partial charge in [-0.1, -0.05) is 45.0 Å². The van der Waals surface area contributed by atoms with Gasteiger partial charge in [0, 0.05) is 25.7 Å². The molecule has 1 aliphatic heterocycles. The Morgan fingerprint density at radius 2 is 1.87 bits per heavy atom. The molecule has 2 heterocycles. The summed E-state index contributed by atoms with van der Waals surface area (Å²) in [6, 6.07) is 7.44. The number of aryl methyl sites for hydroxylation is 1. The molecule has 1 aliphatic rings. The Balaban J connectivity index is 2.07. The van der Waals surface area contributed by atoms with E-state index in [1.54, 1.807) is 7.05 Å². The van der Waals surface area contributed by atoms with E-state index in [2.05, 4.69) is 40.1 Å². The Morgan fingerprint density at radius 1 is 1.17 bits per heavy atom. The highest BCUT2D eigenvalue weighted by Crippen LogP contribution is 2.29. The lowest BCUT2D eigenvalue weighted by Gasteiger charge is -2.29. The van der Waals surface area contributed by atoms with Crippen molar-refractivity contribution in [2.24, 2.45) is 5.41 Å². The molecule has 0 bridgehead atoms. The van der Waals surface area contributed by atoms with Crippen LogP contribution in [-0.2, 0) is 17.9 Å². The van der Waals surface area contributed by atoms with Crippen molar-refractivity contribution in [3.05, 3.63) is 41.2 Å². The zero-order valence-corrected chi connectivity index (χ0v) is 18.9. The molecule has 3 rings (SSSR count). The summed E-state index contributed by atoms with van der Waals surface area (Å²) in [6.45, 7) is 10.3. The zero-order chi connectivity index (χ0) is 22.1. The maximum atomic E-state index is 13.4. The number of nitrogens with one attached hydrogen (secondary N) is 2. The first kappa shape index (κ1) is 22.0. The predicted octanol–water partition coefficient (Wildman–Crippen LogP) is 2.58. The molecular weight excluding hydrogens is 378 g/mol. The number of rotatable bonds is 4. The Labute approximate surface area is 178 Å². The molecule has 0 fully saturated rings. The van der Waals surface area contributed by atoms with Gasteiger partial charge in [-0.25, -0.2) is 4.98 Å². The van der Waals surface area contributed by atoms with Crippen LogP contribution in [0.15, 0.2) is 24.3 Å². The number of hydrogen-bond donors (Lipinski definition) is 2. The fourth-order valence-electron chi connectivity index (χ4n) is 3.95. The van der Waals surface area contributed by atoms with Crippen LogP contribution in [0.4, 0.5) is 0 Å². The number of fused-ring (bicyclic) bond motifs is 1. The summed E-state index contributed by atoms with van der Waals surface area (Å²) in [7, 11) is 3.64. The number of hydrogen-bond acceptors (Lipinski definition) is 4. The summed E-state index contributed by atoms with van der Waals surface area (Å²) in [5, 5.41) is 5.60. The van der Waals surface area contributed by atoms with E-state index in [1.807, 2.05) is 39.0 Å². The Morgan fingerprint density at radius 3 is 2.50 bits per heavy atom. The van der Waals surface area contributed by atoms with E-state index < -0.39 is 11.5 Å². The van der Waals surface area contributed by atoms with Gasteiger partial charge >= 0.3 is 0 Å². The van der Waals surface area contributed by atoms with Gasteiger partial charge in [-0.3, -0.25) is 9.59 Å². The molecule has 7 nitrogen and oxygen atoms in total. The quantitative estimate of drug-likeness (QED) is 0.811. The van der Waals surface area contributed by atoms with Crippen molar-refractivity contribution in [1.82, 2.24) is 25.1 Å². The third-order valence-electron chi connectivity index (χ3n) is 5.66. The second-order valence-electron chi connectivity index (χ2n) is 9.18. The smallest absolute Gasteiger partial charge is 0.272 e. The molecule has 0 aliphatic carbocycles. The first-order valence-electron chi connectivity index (χ1n) is 10.5. The Bertz CT molecular complexity index is 942. The zero-order valence-electron chi connectivity index (χ0n) is 18.9. The van der Waals surface area contributed by atoms with Gasteiger partial charge in [-0.05, 0) is 37.9 Å². The molecule has 0 unspecified atom stereocenters. The van der Waals surface area contributed by atoms with Crippen LogP contribution in [0, 0.1) is 12.3 Å². The summed E-state index contributed by atoms with van der Waals surface area (Å²) in [4.78, 5) is 32.8. The molecule has 0 saturated heterocycles. The van der Waals surface area contributed by atoms with Crippen LogP contribution in [0.5, 0.6) is 0 Å². The van der Waals surface area contributed by atoms with Gasteiger partial charge in [0.2, 0.25) is 5.91 Å². The molecule has 7 heteroatoms. The van der Waals surface area contributed by atoms with Crippen molar-refractivity contribution in [1.29, 1.82) is 0 Å². The summed E-state index contributed by atoms with van der Waals surface area (Å²) in [5.41, 5.74) is 3.02. The topological polar surface area (TPSA) is 79.3 Å². The van der Waals surface area contributed by atoms with E-state index in [9.17, 15) is 9.59 Å². The van der Waals surface area contributed by atoms with E-state index in [0.717, 1.165) is 42.2 Å². The van der Waals surface area contributed by atoms with Crippen LogP contribution < -0.4 is 10.6 Å². The molecule has 162 valence electrons. The van der Waals surface area contributed by atoms with Gasteiger partial charge in [0.1, 0.15) is 11.9 Å². The lowest BCUT2D eigenvalue weighted by atomic mass is 9.86. The largest absolute Gasteiger partial charge is 0.357 e. The van der Waals surface area contributed by atoms with Gasteiger partial charge in [-0.15, -0.1) is 0 Å². The van der Waals surface area contributed by atoms with Crippen molar-refractivity contribution in [2.75, 3.05) is 20.6 Å². The maximum Gasteiger partial charge on any atom is 0.272 e. The Hall–Kier alpha value is -2.67. The number of benzene rings is 1. The number of amides is 2. The molecule has 2 aromatic rings. The molecule has 2 N–H and O–H groups in total. The predicted molar refractivity (Wildman–Crippen MR) is 118 cm³/mol. The number of imidazole rings is 1. The summed E-state index contributed by atoms with van der Waals surface area (Å²) in [6.07, 6.45) is 0.989. The number of nitrogens with zero attached hydrogens (tertiary/aromatic N) is 3. The van der Waals surface area contributed by atoms with Gasteiger partial charge in [0.15, 0.2) is 5.69 Å². The molecule has 1 aromatic heterocycles. The van der Waals surface area contributed by atoms with Gasteiger partial charge in [0.25, 0.3) is 5.91 Å². The average Bonchev–Trinajstić information content (AvgIpc) is 2.91. The first-order valence-corrected chi connectivity index (χ1v) is 10.5. The molecule has 0 radical (unpaired) electrons. The number of carbonyl (C=O) groups is 2. The highest BCUT2D eigenvalue weighted by Gasteiger charge is 2.34. The van der Waals surface area contributed by atoms with Gasteiger partial charge in [0.05, 0.1) is 5.69 Å². The third kappa shape index (κ3) is 4.41. The second kappa shape index (κ2) is 8.60. The molecule has 2 amide bonds. The molecule has 0 spiro atoms. The monoisotopic (exact) mass is 411 g/mol. The van der Waals surface area contributed by atoms with Crippen molar-refractivity contribution < 1.29 is 9.59 Å². The van der Waals surface area contributed by atoms with Crippen molar-refractivity contribution in [3.63, 3.8) is 0 Å². The van der Waals surface area contributed by atoms with Crippen LogP contribution in [0.25, 0.3) is 11.4 Å². The van der Waals surface area contributed by atoms with E-state index in [4.69, 9.17) is 4.98 Å². The second-order valence-corrected chi connectivity index (χ2v) is 9.18. The molecule has 1 atom stereocenters. The summed E-state index contributed by atoms with van der Waals surface area (Å²) < 4.78 is 2.17. The van der Waals surface area contributed by atoms with E-state index >= 15 is 0 Å². The minimum atomic E-state index is -0.655. The minimum Gasteiger partial charge on any atom is -0.357 e. The van der Waals surface area contributed by atoms with Crippen LogP contribution in [0.1, 0.15) is 48.9 Å². The first-order chi connectivity index (χ1) is 14.1. The number of carbonyl (C=O) groups excluding carboxylic acids is 2. The highest BCUT2D eigenvalue weighted by atomic mass is 16.2. The van der Waals surface area contributed by atoms with E-state index in [-0.39, 0.29) is 11.8 Å². The van der Waals surface area contributed by atoms with Gasteiger partial charge < -0.3 is 20.1 Å². The maximum absolute atomic E-state index is 13.4. The third-order valence-corrected chi connectivity index (χ3v) is 5.66. The summed E-state index contributed by atoms with van der Waals surface area (Å²) in [5.74, 6) is 0.297. The standard InChI is InChI=1S/C23H33N5O2/c1-15-10-7-8-11-16(15)20-25-18(17-14-27(6)12-9-13-28(17)20)21(29)26-19(22(30)24-5)23(2,3)4/h7-8,10-11,19H,9,12-14H2,1-6H3,(H,24,30)(H,26,29)/t19-/m1/s1. The highest BCUT2D eigenvalue weighted by molar-refractivity contribution is 5.98. The SMILES string of the molecule is CNC(=O)[C@@H](NC(=O)c1nc(-c2ccccc2C)n2c1CN(C)CCC2)C(C)(C)C. The van der Waals surface area contributed by atoms with Crippen molar-refractivity contribution >= 4 is 11.8 Å².